The predicted octanol–water partition coefficient (Wildman–Crippen LogP) is 6.00. The molecule has 2 heteroatoms. The first-order valence-corrected chi connectivity index (χ1v) is 8.77. The van der Waals surface area contributed by atoms with Gasteiger partial charge in [0.05, 0.1) is 0 Å². The number of carbonyl (C=O) groups is 1. The van der Waals surface area contributed by atoms with Crippen molar-refractivity contribution in [3.05, 3.63) is 0 Å². The second-order valence-electron chi connectivity index (χ2n) is 8.10. The molecule has 0 heterocycles. The first kappa shape index (κ1) is 20.5. The van der Waals surface area contributed by atoms with Gasteiger partial charge in [0.15, 0.2) is 0 Å². The van der Waals surface area contributed by atoms with Crippen molar-refractivity contribution in [3.8, 4) is 0 Å². The zero-order chi connectivity index (χ0) is 16.7. The van der Waals surface area contributed by atoms with E-state index in [0.29, 0.717) is 10.8 Å². The Bertz CT molecular complexity index is 270. The molecule has 0 saturated heterocycles. The maximum atomic E-state index is 8.36. The summed E-state index contributed by atoms with van der Waals surface area (Å²) in [4.78, 5) is 8.36. The van der Waals surface area contributed by atoms with Crippen LogP contribution >= 0.6 is 0 Å². The Morgan fingerprint density at radius 3 is 1.67 bits per heavy atom. The van der Waals surface area contributed by atoms with Gasteiger partial charge in [-0.2, -0.15) is 0 Å². The van der Waals surface area contributed by atoms with Gasteiger partial charge in [-0.15, -0.1) is 0 Å². The van der Waals surface area contributed by atoms with Gasteiger partial charge in [0.2, 0.25) is 0 Å². The van der Waals surface area contributed by atoms with E-state index in [0.717, 1.165) is 17.8 Å². The molecule has 0 aromatic rings. The molecule has 21 heavy (non-hydrogen) atoms. The third kappa shape index (κ3) is 5.30. The minimum Gasteiger partial charge on any atom is -0.483 e. The van der Waals surface area contributed by atoms with Crippen molar-refractivity contribution in [3.63, 3.8) is 0 Å². The lowest BCUT2D eigenvalue weighted by atomic mass is 9.55. The quantitative estimate of drug-likeness (QED) is 0.646. The average Bonchev–Trinajstić information content (AvgIpc) is 2.45. The Balaban J connectivity index is 0.00000122. The zero-order valence-electron chi connectivity index (χ0n) is 15.4. The van der Waals surface area contributed by atoms with Crippen LogP contribution in [0.15, 0.2) is 0 Å². The third-order valence-electron chi connectivity index (χ3n) is 6.33. The third-order valence-corrected chi connectivity index (χ3v) is 6.33. The fourth-order valence-corrected chi connectivity index (χ4v) is 4.31. The normalized spacial score (nSPS) is 29.0. The van der Waals surface area contributed by atoms with Crippen LogP contribution < -0.4 is 0 Å². The van der Waals surface area contributed by atoms with Gasteiger partial charge >= 0.3 is 0 Å². The zero-order valence-corrected chi connectivity index (χ0v) is 15.4. The van der Waals surface area contributed by atoms with Crippen molar-refractivity contribution >= 4 is 6.47 Å². The molecule has 0 bridgehead atoms. The highest BCUT2D eigenvalue weighted by molar-refractivity contribution is 5.32. The Morgan fingerprint density at radius 1 is 1.10 bits per heavy atom. The Hall–Kier alpha value is -0.530. The minimum atomic E-state index is -0.250. The summed E-state index contributed by atoms with van der Waals surface area (Å²) in [7, 11) is 0. The van der Waals surface area contributed by atoms with E-state index in [1.54, 1.807) is 0 Å². The van der Waals surface area contributed by atoms with Gasteiger partial charge in [-0.25, -0.2) is 0 Å². The first-order valence-electron chi connectivity index (χ1n) is 8.77. The molecule has 2 nitrogen and oxygen atoms in total. The van der Waals surface area contributed by atoms with Crippen LogP contribution in [0.25, 0.3) is 0 Å². The van der Waals surface area contributed by atoms with Crippen LogP contribution in [0.3, 0.4) is 0 Å². The van der Waals surface area contributed by atoms with E-state index in [9.17, 15) is 0 Å². The van der Waals surface area contributed by atoms with Crippen LogP contribution in [0.1, 0.15) is 87.0 Å². The lowest BCUT2D eigenvalue weighted by Crippen LogP contribution is -2.41. The maximum Gasteiger partial charge on any atom is 0.290 e. The predicted molar refractivity (Wildman–Crippen MR) is 91.4 cm³/mol. The molecule has 1 aliphatic carbocycles. The Kier molecular flexibility index (Phi) is 8.58. The molecule has 0 aromatic carbocycles. The van der Waals surface area contributed by atoms with Gasteiger partial charge < -0.3 is 5.11 Å². The molecular weight excluding hydrogens is 260 g/mol. The molecule has 1 N–H and O–H groups in total. The Labute approximate surface area is 132 Å². The highest BCUT2D eigenvalue weighted by Crippen LogP contribution is 2.54. The highest BCUT2D eigenvalue weighted by atomic mass is 16.3. The molecule has 0 aromatic heterocycles. The highest BCUT2D eigenvalue weighted by Gasteiger charge is 2.44. The van der Waals surface area contributed by atoms with Gasteiger partial charge in [-0.3, -0.25) is 4.79 Å². The summed E-state index contributed by atoms with van der Waals surface area (Å²) < 4.78 is 0. The van der Waals surface area contributed by atoms with Crippen molar-refractivity contribution in [2.45, 2.75) is 87.0 Å². The summed E-state index contributed by atoms with van der Waals surface area (Å²) in [6.45, 7) is 16.8. The average molecular weight is 299 g/mol. The summed E-state index contributed by atoms with van der Waals surface area (Å²) in [5.74, 6) is 2.74. The van der Waals surface area contributed by atoms with Gasteiger partial charge in [0.1, 0.15) is 0 Å². The number of rotatable bonds is 4. The topological polar surface area (TPSA) is 37.3 Å². The number of hydrogen-bond acceptors (Lipinski definition) is 1. The largest absolute Gasteiger partial charge is 0.483 e. The molecule has 1 saturated carbocycles. The smallest absolute Gasteiger partial charge is 0.290 e. The van der Waals surface area contributed by atoms with Gasteiger partial charge in [0.25, 0.3) is 6.47 Å². The molecule has 2 atom stereocenters. The summed E-state index contributed by atoms with van der Waals surface area (Å²) >= 11 is 0. The fraction of sp³-hybridized carbons (Fsp3) is 0.947. The van der Waals surface area contributed by atoms with Gasteiger partial charge in [0, 0.05) is 0 Å². The molecule has 0 aliphatic heterocycles. The van der Waals surface area contributed by atoms with E-state index >= 15 is 0 Å². The van der Waals surface area contributed by atoms with Crippen molar-refractivity contribution in [2.75, 3.05) is 0 Å². The van der Waals surface area contributed by atoms with Gasteiger partial charge in [-0.1, -0.05) is 61.3 Å². The van der Waals surface area contributed by atoms with Crippen molar-refractivity contribution < 1.29 is 9.90 Å². The van der Waals surface area contributed by atoms with E-state index < -0.39 is 0 Å². The molecule has 0 amide bonds. The van der Waals surface area contributed by atoms with E-state index in [1.807, 2.05) is 0 Å². The molecule has 1 fully saturated rings. The molecular formula is C19H38O2. The van der Waals surface area contributed by atoms with Crippen LogP contribution in [-0.2, 0) is 4.79 Å². The van der Waals surface area contributed by atoms with E-state index in [1.165, 1.54) is 38.5 Å². The SMILES string of the molecule is CCC(C)C1(C(C)CC)CCC(C(C)(C)C)CC1.O=CO. The van der Waals surface area contributed by atoms with E-state index in [2.05, 4.69) is 48.5 Å². The van der Waals surface area contributed by atoms with Crippen LogP contribution in [0, 0.1) is 28.6 Å². The van der Waals surface area contributed by atoms with Crippen molar-refractivity contribution in [1.82, 2.24) is 0 Å². The second kappa shape index (κ2) is 8.80. The monoisotopic (exact) mass is 298 g/mol. The minimum absolute atomic E-state index is 0.250. The lowest BCUT2D eigenvalue weighted by molar-refractivity contribution is -0.122. The van der Waals surface area contributed by atoms with E-state index in [4.69, 9.17) is 9.90 Å². The fourth-order valence-electron chi connectivity index (χ4n) is 4.31. The Morgan fingerprint density at radius 2 is 1.43 bits per heavy atom. The van der Waals surface area contributed by atoms with E-state index in [-0.39, 0.29) is 6.47 Å². The molecule has 0 radical (unpaired) electrons. The van der Waals surface area contributed by atoms with Crippen LogP contribution in [0.4, 0.5) is 0 Å². The molecule has 0 spiro atoms. The first-order chi connectivity index (χ1) is 9.69. The molecule has 1 rings (SSSR count). The number of hydrogen-bond donors (Lipinski definition) is 1. The number of carboxylic acid groups (broad SMARTS) is 1. The van der Waals surface area contributed by atoms with Crippen molar-refractivity contribution in [2.24, 2.45) is 28.6 Å². The molecule has 1 aliphatic rings. The second-order valence-corrected chi connectivity index (χ2v) is 8.10. The summed E-state index contributed by atoms with van der Waals surface area (Å²) in [6, 6.07) is 0. The van der Waals surface area contributed by atoms with Crippen LogP contribution in [-0.4, -0.2) is 11.6 Å². The van der Waals surface area contributed by atoms with Gasteiger partial charge in [-0.05, 0) is 54.3 Å². The van der Waals surface area contributed by atoms with Crippen molar-refractivity contribution in [1.29, 1.82) is 0 Å². The standard InChI is InChI=1S/C18H36.CH2O2/c1-8-14(3)18(15(4)9-2)12-10-16(11-13-18)17(5,6)7;2-1-3/h14-16H,8-13H2,1-7H3;1H,(H,2,3). The molecule has 126 valence electrons. The summed E-state index contributed by atoms with van der Waals surface area (Å²) in [5, 5.41) is 6.89. The lowest BCUT2D eigenvalue weighted by Gasteiger charge is -2.50. The van der Waals surface area contributed by atoms with Crippen LogP contribution in [0.2, 0.25) is 0 Å². The molecule has 2 unspecified atom stereocenters. The summed E-state index contributed by atoms with van der Waals surface area (Å²) in [6.07, 6.45) is 8.56. The maximum absolute atomic E-state index is 8.36. The van der Waals surface area contributed by atoms with Crippen LogP contribution in [0.5, 0.6) is 0 Å². The summed E-state index contributed by atoms with van der Waals surface area (Å²) in [5.41, 5.74) is 1.16.